The van der Waals surface area contributed by atoms with Crippen molar-refractivity contribution < 1.29 is 9.90 Å². The second-order valence-corrected chi connectivity index (χ2v) is 2.07. The highest BCUT2D eigenvalue weighted by Crippen LogP contribution is 1.94. The van der Waals surface area contributed by atoms with Crippen molar-refractivity contribution in [2.24, 2.45) is 5.73 Å². The van der Waals surface area contributed by atoms with Gasteiger partial charge in [0.15, 0.2) is 0 Å². The molecule has 1 aromatic heterocycles. The van der Waals surface area contributed by atoms with Gasteiger partial charge in [0.25, 0.3) is 0 Å². The van der Waals surface area contributed by atoms with Crippen molar-refractivity contribution in [3.05, 3.63) is 18.2 Å². The highest BCUT2D eigenvalue weighted by molar-refractivity contribution is 5.85. The van der Waals surface area contributed by atoms with Gasteiger partial charge in [-0.15, -0.1) is 12.4 Å². The summed E-state index contributed by atoms with van der Waals surface area (Å²) < 4.78 is 1.50. The van der Waals surface area contributed by atoms with Crippen LogP contribution in [0.25, 0.3) is 0 Å². The highest BCUT2D eigenvalue weighted by atomic mass is 35.5. The number of aliphatic carboxylic acids is 1. The van der Waals surface area contributed by atoms with E-state index in [1.807, 2.05) is 0 Å². The Kier molecular flexibility index (Phi) is 4.31. The molecule has 12 heavy (non-hydrogen) atoms. The quantitative estimate of drug-likeness (QED) is 0.696. The zero-order valence-corrected chi connectivity index (χ0v) is 7.12. The van der Waals surface area contributed by atoms with Gasteiger partial charge in [-0.1, -0.05) is 0 Å². The largest absolute Gasteiger partial charge is 0.480 e. The van der Waals surface area contributed by atoms with Gasteiger partial charge in [0.1, 0.15) is 12.4 Å². The smallest absolute Gasteiger partial charge is 0.323 e. The van der Waals surface area contributed by atoms with Gasteiger partial charge in [0, 0.05) is 12.4 Å². The number of hydrogen-bond donors (Lipinski definition) is 2. The molecule has 0 saturated carbocycles. The second-order valence-electron chi connectivity index (χ2n) is 2.07. The van der Waals surface area contributed by atoms with Gasteiger partial charge in [0.05, 0.1) is 6.54 Å². The van der Waals surface area contributed by atoms with Crippen molar-refractivity contribution in [3.8, 4) is 0 Å². The Balaban J connectivity index is 0.00000121. The number of hydrogen-bond acceptors (Lipinski definition) is 3. The van der Waals surface area contributed by atoms with Gasteiger partial charge in [0.2, 0.25) is 0 Å². The molecule has 0 radical (unpaired) electrons. The third kappa shape index (κ3) is 2.52. The first-order chi connectivity index (χ1) is 5.24. The molecule has 0 aliphatic heterocycles. The number of nitrogens with zero attached hydrogens (tertiary/aromatic N) is 2. The minimum atomic E-state index is -0.891. The summed E-state index contributed by atoms with van der Waals surface area (Å²) in [5.41, 5.74) is 5.29. The topological polar surface area (TPSA) is 81.1 Å². The fourth-order valence-corrected chi connectivity index (χ4v) is 0.820. The van der Waals surface area contributed by atoms with E-state index in [9.17, 15) is 4.79 Å². The Morgan fingerprint density at radius 3 is 2.92 bits per heavy atom. The normalized spacial score (nSPS) is 9.08. The third-order valence-corrected chi connectivity index (χ3v) is 1.29. The van der Waals surface area contributed by atoms with Gasteiger partial charge in [-0.25, -0.2) is 4.98 Å². The number of rotatable bonds is 3. The molecule has 68 valence electrons. The van der Waals surface area contributed by atoms with Gasteiger partial charge in [-0.05, 0) is 0 Å². The SMILES string of the molecule is Cl.NCc1nccn1CC(=O)O. The molecule has 0 fully saturated rings. The summed E-state index contributed by atoms with van der Waals surface area (Å²) in [6.45, 7) is 0.187. The van der Waals surface area contributed by atoms with Crippen LogP contribution in [0.15, 0.2) is 12.4 Å². The molecule has 0 atom stereocenters. The van der Waals surface area contributed by atoms with Crippen molar-refractivity contribution in [2.45, 2.75) is 13.1 Å². The van der Waals surface area contributed by atoms with E-state index < -0.39 is 5.97 Å². The molecule has 5 nitrogen and oxygen atoms in total. The Hall–Kier alpha value is -1.07. The first-order valence-corrected chi connectivity index (χ1v) is 3.16. The van der Waals surface area contributed by atoms with Crippen LogP contribution in [0.2, 0.25) is 0 Å². The summed E-state index contributed by atoms with van der Waals surface area (Å²) in [5.74, 6) is -0.301. The molecule has 0 aliphatic carbocycles. The fraction of sp³-hybridized carbons (Fsp3) is 0.333. The predicted molar refractivity (Wildman–Crippen MR) is 45.0 cm³/mol. The van der Waals surface area contributed by atoms with Crippen LogP contribution in [-0.4, -0.2) is 20.6 Å². The number of carboxylic acid groups (broad SMARTS) is 1. The predicted octanol–water partition coefficient (Wildman–Crippen LogP) is -0.152. The van der Waals surface area contributed by atoms with Crippen LogP contribution in [0.4, 0.5) is 0 Å². The number of carboxylic acids is 1. The molecule has 0 amide bonds. The van der Waals surface area contributed by atoms with Gasteiger partial charge in [-0.2, -0.15) is 0 Å². The van der Waals surface area contributed by atoms with Crippen LogP contribution in [0.1, 0.15) is 5.82 Å². The summed E-state index contributed by atoms with van der Waals surface area (Å²) >= 11 is 0. The van der Waals surface area contributed by atoms with E-state index in [-0.39, 0.29) is 25.5 Å². The summed E-state index contributed by atoms with van der Waals surface area (Å²) in [6, 6.07) is 0. The lowest BCUT2D eigenvalue weighted by Crippen LogP contribution is -2.13. The Morgan fingerprint density at radius 1 is 1.75 bits per heavy atom. The van der Waals surface area contributed by atoms with E-state index in [1.165, 1.54) is 10.8 Å². The molecule has 1 aromatic rings. The van der Waals surface area contributed by atoms with Crippen molar-refractivity contribution in [1.82, 2.24) is 9.55 Å². The molecule has 0 aromatic carbocycles. The van der Waals surface area contributed by atoms with Gasteiger partial charge in [-0.3, -0.25) is 4.79 Å². The van der Waals surface area contributed by atoms with E-state index in [0.29, 0.717) is 5.82 Å². The van der Waals surface area contributed by atoms with Crippen molar-refractivity contribution in [2.75, 3.05) is 0 Å². The molecule has 0 bridgehead atoms. The lowest BCUT2D eigenvalue weighted by molar-refractivity contribution is -0.137. The molecule has 3 N–H and O–H groups in total. The number of nitrogens with two attached hydrogens (primary N) is 1. The van der Waals surface area contributed by atoms with Crippen LogP contribution in [-0.2, 0) is 17.9 Å². The Bertz CT molecular complexity index is 261. The van der Waals surface area contributed by atoms with Gasteiger partial charge < -0.3 is 15.4 Å². The molecule has 1 rings (SSSR count). The average molecular weight is 192 g/mol. The monoisotopic (exact) mass is 191 g/mol. The molecular formula is C6H10ClN3O2. The zero-order valence-electron chi connectivity index (χ0n) is 6.30. The fourth-order valence-electron chi connectivity index (χ4n) is 0.820. The first-order valence-electron chi connectivity index (χ1n) is 3.16. The number of imidazole rings is 1. The van der Waals surface area contributed by atoms with E-state index in [0.717, 1.165) is 0 Å². The molecule has 0 spiro atoms. The van der Waals surface area contributed by atoms with Crippen LogP contribution in [0.3, 0.4) is 0 Å². The molecule has 0 unspecified atom stereocenters. The maximum absolute atomic E-state index is 10.2. The maximum atomic E-state index is 10.2. The third-order valence-electron chi connectivity index (χ3n) is 1.29. The Labute approximate surface area is 75.6 Å². The molecule has 1 heterocycles. The van der Waals surface area contributed by atoms with E-state index in [2.05, 4.69) is 4.98 Å². The lowest BCUT2D eigenvalue weighted by atomic mass is 10.5. The molecule has 6 heteroatoms. The molecule has 0 aliphatic rings. The van der Waals surface area contributed by atoms with Crippen LogP contribution < -0.4 is 5.73 Å². The number of aromatic nitrogens is 2. The van der Waals surface area contributed by atoms with Gasteiger partial charge >= 0.3 is 5.97 Å². The summed E-state index contributed by atoms with van der Waals surface area (Å²) in [6.07, 6.45) is 3.13. The summed E-state index contributed by atoms with van der Waals surface area (Å²) in [4.78, 5) is 14.1. The Morgan fingerprint density at radius 2 is 2.42 bits per heavy atom. The van der Waals surface area contributed by atoms with Crippen molar-refractivity contribution >= 4 is 18.4 Å². The molecular weight excluding hydrogens is 182 g/mol. The summed E-state index contributed by atoms with van der Waals surface area (Å²) in [7, 11) is 0. The lowest BCUT2D eigenvalue weighted by Gasteiger charge is -2.00. The minimum Gasteiger partial charge on any atom is -0.480 e. The first kappa shape index (κ1) is 10.9. The second kappa shape index (κ2) is 4.74. The minimum absolute atomic E-state index is 0. The average Bonchev–Trinajstić information content (AvgIpc) is 2.34. The number of halogens is 1. The van der Waals surface area contributed by atoms with Crippen molar-refractivity contribution in [3.63, 3.8) is 0 Å². The summed E-state index contributed by atoms with van der Waals surface area (Å²) in [5, 5.41) is 8.42. The maximum Gasteiger partial charge on any atom is 0.323 e. The van der Waals surface area contributed by atoms with Crippen LogP contribution in [0.5, 0.6) is 0 Å². The van der Waals surface area contributed by atoms with E-state index in [4.69, 9.17) is 10.8 Å². The van der Waals surface area contributed by atoms with Crippen LogP contribution >= 0.6 is 12.4 Å². The number of carbonyl (C=O) groups is 1. The zero-order chi connectivity index (χ0) is 8.27. The standard InChI is InChI=1S/C6H9N3O2.ClH/c7-3-5-8-1-2-9(5)4-6(10)11;/h1-2H,3-4,7H2,(H,10,11);1H. The van der Waals surface area contributed by atoms with Crippen molar-refractivity contribution in [1.29, 1.82) is 0 Å². The van der Waals surface area contributed by atoms with E-state index >= 15 is 0 Å². The van der Waals surface area contributed by atoms with Crippen LogP contribution in [0, 0.1) is 0 Å². The highest BCUT2D eigenvalue weighted by Gasteiger charge is 2.03. The molecule has 0 saturated heterocycles. The van der Waals surface area contributed by atoms with E-state index in [1.54, 1.807) is 6.20 Å².